The molecule has 0 spiro atoms. The van der Waals surface area contributed by atoms with E-state index in [1.54, 1.807) is 56.3 Å². The minimum Gasteiger partial charge on any atom is -0.464 e. The van der Waals surface area contributed by atoms with Gasteiger partial charge in [0.1, 0.15) is 27.4 Å². The molecule has 4 aromatic carbocycles. The maximum Gasteiger partial charge on any atom is 0.416 e. The Bertz CT molecular complexity index is 2530. The molecule has 0 aliphatic rings. The van der Waals surface area contributed by atoms with Gasteiger partial charge in [-0.3, -0.25) is 4.79 Å². The lowest BCUT2D eigenvalue weighted by Crippen LogP contribution is -2.29. The Morgan fingerprint density at radius 1 is 0.778 bits per heavy atom. The number of carbonyl (C=O) groups is 2. The van der Waals surface area contributed by atoms with Crippen LogP contribution in [0.5, 0.6) is 0 Å². The molecule has 0 aromatic heterocycles. The van der Waals surface area contributed by atoms with Gasteiger partial charge in [0.25, 0.3) is 5.91 Å². The third-order valence-corrected chi connectivity index (χ3v) is 9.58. The number of rotatable bonds is 17. The number of benzene rings is 4. The van der Waals surface area contributed by atoms with Crippen molar-refractivity contribution in [2.45, 2.75) is 59.9 Å². The third kappa shape index (κ3) is 13.3. The number of halogens is 3. The van der Waals surface area contributed by atoms with Crippen LogP contribution in [0.25, 0.3) is 0 Å². The highest BCUT2D eigenvalue weighted by Gasteiger charge is 2.31. The first-order valence-electron chi connectivity index (χ1n) is 19.5. The Morgan fingerprint density at radius 3 is 1.95 bits per heavy atom. The zero-order chi connectivity index (χ0) is 46.1. The molecular formula is C48H48F3N5O7. The first-order valence-corrected chi connectivity index (χ1v) is 19.5. The fourth-order valence-electron chi connectivity index (χ4n) is 6.26. The molecular weight excluding hydrogens is 816 g/mol. The Kier molecular flexibility index (Phi) is 17.6. The third-order valence-electron chi connectivity index (χ3n) is 9.58. The van der Waals surface area contributed by atoms with Gasteiger partial charge in [0.15, 0.2) is 11.4 Å². The number of hydrogen-bond acceptors (Lipinski definition) is 11. The van der Waals surface area contributed by atoms with Gasteiger partial charge < -0.3 is 29.4 Å². The molecule has 0 radical (unpaired) electrons. The number of terminal acetylenes is 1. The molecule has 12 nitrogen and oxygen atoms in total. The van der Waals surface area contributed by atoms with Gasteiger partial charge in [-0.25, -0.2) is 4.79 Å². The van der Waals surface area contributed by atoms with Crippen LogP contribution in [0, 0.1) is 44.0 Å². The first kappa shape index (κ1) is 48.3. The molecule has 0 fully saturated rings. The molecule has 1 unspecified atom stereocenters. The number of methoxy groups -OCH3 is 1. The lowest BCUT2D eigenvalue weighted by molar-refractivity contribution is -0.137. The predicted octanol–water partition coefficient (Wildman–Crippen LogP) is 8.25. The number of ether oxygens (including phenoxy) is 1. The smallest absolute Gasteiger partial charge is 0.416 e. The quantitative estimate of drug-likeness (QED) is 0.0488. The van der Waals surface area contributed by atoms with Crippen molar-refractivity contribution in [3.05, 3.63) is 140 Å². The van der Waals surface area contributed by atoms with E-state index in [2.05, 4.69) is 43.7 Å². The number of alkyl halides is 3. The van der Waals surface area contributed by atoms with Gasteiger partial charge in [-0.15, -0.1) is 6.42 Å². The van der Waals surface area contributed by atoms with Crippen molar-refractivity contribution in [1.82, 2.24) is 5.32 Å². The molecule has 63 heavy (non-hydrogen) atoms. The summed E-state index contributed by atoms with van der Waals surface area (Å²) in [6.07, 6.45) is 1.77. The van der Waals surface area contributed by atoms with E-state index in [1.165, 1.54) is 40.5 Å². The molecule has 0 bridgehead atoms. The fraction of sp³-hybridized carbons (Fsp3) is 0.292. The van der Waals surface area contributed by atoms with Crippen LogP contribution in [0.15, 0.2) is 99.5 Å². The summed E-state index contributed by atoms with van der Waals surface area (Å²) in [5.41, 5.74) is 5.78. The zero-order valence-electron chi connectivity index (χ0n) is 36.3. The summed E-state index contributed by atoms with van der Waals surface area (Å²) in [4.78, 5) is 46.5. The average Bonchev–Trinajstić information content (AvgIpc) is 3.27. The van der Waals surface area contributed by atoms with Gasteiger partial charge in [-0.2, -0.15) is 13.2 Å². The lowest BCUT2D eigenvalue weighted by Gasteiger charge is -2.15. The number of likely N-dealkylation sites (N-methyl/N-ethyl adjacent to an activating group) is 1. The maximum absolute atomic E-state index is 13.8. The number of amides is 1. The standard InChI is InChI=1S/C48H48F3N5O7/c1-10-34-24-35(26-37(25-34)33(5)53-62-28-41-31(3)16-12-21-39(41)44(55-60-8)46(57)52-6)18-11-15-30(2)23-43(36-19-14-20-38(27-36)48(49,50)51)54-63-29-42-32(4)17-13-22-40(42)45(56-61-9)47(58)59-7/h1,12-14,16-17,19-22,24-27,30H,15,23,28-29H2,2-9H3,(H,52,57)/b53-33+,54-43+,55-44+,56-45+. The monoisotopic (exact) mass is 863 g/mol. The van der Waals surface area contributed by atoms with Crippen LogP contribution in [0.3, 0.4) is 0 Å². The fourth-order valence-corrected chi connectivity index (χ4v) is 6.26. The highest BCUT2D eigenvalue weighted by Crippen LogP contribution is 2.30. The van der Waals surface area contributed by atoms with Crippen LogP contribution in [0.2, 0.25) is 0 Å². The van der Waals surface area contributed by atoms with Crippen molar-refractivity contribution in [2.75, 3.05) is 28.4 Å². The minimum atomic E-state index is -4.58. The van der Waals surface area contributed by atoms with Crippen molar-refractivity contribution in [3.8, 4) is 24.2 Å². The molecule has 0 aliphatic heterocycles. The number of carbonyl (C=O) groups excluding carboxylic acids is 2. The number of aryl methyl sites for hydroxylation is 2. The van der Waals surface area contributed by atoms with Gasteiger partial charge in [0.2, 0.25) is 0 Å². The number of nitrogens with zero attached hydrogens (tertiary/aromatic N) is 4. The van der Waals surface area contributed by atoms with E-state index in [-0.39, 0.29) is 48.3 Å². The molecule has 4 aromatic rings. The second-order valence-electron chi connectivity index (χ2n) is 14.1. The summed E-state index contributed by atoms with van der Waals surface area (Å²) < 4.78 is 46.3. The van der Waals surface area contributed by atoms with Crippen LogP contribution in [0.1, 0.15) is 87.9 Å². The Morgan fingerprint density at radius 2 is 1.37 bits per heavy atom. The van der Waals surface area contributed by atoms with Crippen molar-refractivity contribution in [1.29, 1.82) is 0 Å². The summed E-state index contributed by atoms with van der Waals surface area (Å²) in [6, 6.07) is 20.8. The van der Waals surface area contributed by atoms with Crippen molar-refractivity contribution >= 4 is 34.7 Å². The molecule has 15 heteroatoms. The van der Waals surface area contributed by atoms with Gasteiger partial charge in [-0.05, 0) is 80.1 Å². The summed E-state index contributed by atoms with van der Waals surface area (Å²) in [7, 11) is 5.37. The van der Waals surface area contributed by atoms with E-state index < -0.39 is 23.6 Å². The summed E-state index contributed by atoms with van der Waals surface area (Å²) in [5, 5.41) is 19.0. The van der Waals surface area contributed by atoms with Crippen LogP contribution >= 0.6 is 0 Å². The van der Waals surface area contributed by atoms with E-state index in [0.29, 0.717) is 51.1 Å². The van der Waals surface area contributed by atoms with Gasteiger partial charge in [0.05, 0.1) is 24.1 Å². The Hall–Kier alpha value is -7.39. The van der Waals surface area contributed by atoms with Crippen LogP contribution in [-0.4, -0.2) is 63.1 Å². The van der Waals surface area contributed by atoms with Crippen LogP contribution in [0.4, 0.5) is 13.2 Å². The largest absolute Gasteiger partial charge is 0.464 e. The van der Waals surface area contributed by atoms with Gasteiger partial charge in [-0.1, -0.05) is 93.8 Å². The molecule has 1 atom stereocenters. The Balaban J connectivity index is 1.57. The zero-order valence-corrected chi connectivity index (χ0v) is 36.3. The topological polar surface area (TPSA) is 142 Å². The van der Waals surface area contributed by atoms with E-state index in [1.807, 2.05) is 26.0 Å². The van der Waals surface area contributed by atoms with E-state index in [0.717, 1.165) is 23.3 Å². The molecule has 0 saturated heterocycles. The second kappa shape index (κ2) is 23.0. The lowest BCUT2D eigenvalue weighted by atomic mass is 9.95. The van der Waals surface area contributed by atoms with Gasteiger partial charge in [0, 0.05) is 52.4 Å². The van der Waals surface area contributed by atoms with Gasteiger partial charge >= 0.3 is 12.1 Å². The van der Waals surface area contributed by atoms with Crippen molar-refractivity contribution in [3.63, 3.8) is 0 Å². The SMILES string of the molecule is C#Cc1cc(C#CCC(C)C/C(=N\OCc2c(C)cccc2/C(=N\OC)C(=O)OC)c2cccc(C(F)(F)F)c2)cc(/C(C)=N/OCc2c(C)cccc2/C(=N\OC)C(=O)NC)c1. The normalized spacial score (nSPS) is 12.6. The van der Waals surface area contributed by atoms with Crippen molar-refractivity contribution in [2.24, 2.45) is 26.5 Å². The second-order valence-corrected chi connectivity index (χ2v) is 14.1. The average molecular weight is 864 g/mol. The first-order chi connectivity index (χ1) is 30.1. The molecule has 0 heterocycles. The number of nitrogens with one attached hydrogen (secondary N) is 1. The highest BCUT2D eigenvalue weighted by atomic mass is 19.4. The molecule has 328 valence electrons. The van der Waals surface area contributed by atoms with E-state index >= 15 is 0 Å². The molecule has 4 rings (SSSR count). The summed E-state index contributed by atoms with van der Waals surface area (Å²) in [6.45, 7) is 7.24. The van der Waals surface area contributed by atoms with E-state index in [9.17, 15) is 22.8 Å². The van der Waals surface area contributed by atoms with Crippen LogP contribution in [-0.2, 0) is 53.1 Å². The number of esters is 1. The number of oxime groups is 4. The van der Waals surface area contributed by atoms with Crippen LogP contribution < -0.4 is 5.32 Å². The summed E-state index contributed by atoms with van der Waals surface area (Å²) >= 11 is 0. The van der Waals surface area contributed by atoms with Crippen molar-refractivity contribution < 1.29 is 46.8 Å². The highest BCUT2D eigenvalue weighted by molar-refractivity contribution is 6.45. The van der Waals surface area contributed by atoms with E-state index in [4.69, 9.17) is 30.5 Å². The number of hydrogen-bond donors (Lipinski definition) is 1. The molecule has 0 aliphatic carbocycles. The molecule has 1 amide bonds. The maximum atomic E-state index is 13.8. The minimum absolute atomic E-state index is 0.0295. The summed E-state index contributed by atoms with van der Waals surface area (Å²) in [5.74, 6) is 7.62. The molecule has 1 N–H and O–H groups in total. The predicted molar refractivity (Wildman–Crippen MR) is 235 cm³/mol. The Labute approximate surface area is 365 Å². The molecule has 0 saturated carbocycles.